The number of carbonyl (C=O) groups is 2. The summed E-state index contributed by atoms with van der Waals surface area (Å²) in [6.45, 7) is 3.35. The van der Waals surface area contributed by atoms with Crippen molar-refractivity contribution in [3.63, 3.8) is 0 Å². The Balaban J connectivity index is 1.70. The Morgan fingerprint density at radius 2 is 2.09 bits per heavy atom. The summed E-state index contributed by atoms with van der Waals surface area (Å²) in [5.74, 6) is -0.355. The number of carbonyl (C=O) groups excluding carboxylic acids is 2. The quantitative estimate of drug-likeness (QED) is 0.453. The molecule has 1 aliphatic rings. The molecule has 8 nitrogen and oxygen atoms in total. The lowest BCUT2D eigenvalue weighted by Crippen LogP contribution is -2.32. The van der Waals surface area contributed by atoms with Crippen LogP contribution in [0.1, 0.15) is 34.6 Å². The maximum absolute atomic E-state index is 13.3. The zero-order valence-electron chi connectivity index (χ0n) is 18.4. The van der Waals surface area contributed by atoms with Crippen molar-refractivity contribution in [2.75, 3.05) is 20.3 Å². The van der Waals surface area contributed by atoms with Crippen LogP contribution in [0.15, 0.2) is 65.8 Å². The Morgan fingerprint density at radius 1 is 1.24 bits per heavy atom. The predicted molar refractivity (Wildman–Crippen MR) is 124 cm³/mol. The molecule has 1 aromatic carbocycles. The van der Waals surface area contributed by atoms with Gasteiger partial charge in [0.25, 0.3) is 5.91 Å². The van der Waals surface area contributed by atoms with E-state index in [0.29, 0.717) is 48.1 Å². The standard InChI is InChI=1S/C24H25N3O5S/c1-3-32-17-8-7-16(14-18(17)31-2)21-20(22(28)19-6-4-13-33-19)23(29)24(30)27(21)11-5-10-26-12-9-25-15-26/h4,6-9,12-15,21,29H,3,5,10-11H2,1-2H3/t21-/m0/s1. The van der Waals surface area contributed by atoms with Gasteiger partial charge in [0, 0.05) is 25.5 Å². The molecule has 3 aromatic rings. The van der Waals surface area contributed by atoms with E-state index in [4.69, 9.17) is 9.47 Å². The molecule has 0 saturated heterocycles. The van der Waals surface area contributed by atoms with Crippen molar-refractivity contribution < 1.29 is 24.2 Å². The summed E-state index contributed by atoms with van der Waals surface area (Å²) in [5.41, 5.74) is 0.742. The van der Waals surface area contributed by atoms with Gasteiger partial charge in [-0.15, -0.1) is 11.3 Å². The molecule has 0 bridgehead atoms. The number of aliphatic hydroxyl groups excluding tert-OH is 1. The molecule has 3 heterocycles. The number of hydrogen-bond donors (Lipinski definition) is 1. The number of methoxy groups -OCH3 is 1. The summed E-state index contributed by atoms with van der Waals surface area (Å²) in [7, 11) is 1.54. The van der Waals surface area contributed by atoms with E-state index in [0.717, 1.165) is 0 Å². The number of Topliss-reactive ketones (excluding diaryl/α,β-unsaturated/α-hetero) is 1. The SMILES string of the molecule is CCOc1ccc([C@H]2C(C(=O)c3cccs3)=C(O)C(=O)N2CCCn2ccnc2)cc1OC. The van der Waals surface area contributed by atoms with Crippen molar-refractivity contribution in [3.05, 3.63) is 76.2 Å². The first-order chi connectivity index (χ1) is 16.0. The number of aromatic nitrogens is 2. The van der Waals surface area contributed by atoms with Gasteiger partial charge >= 0.3 is 0 Å². The number of amides is 1. The van der Waals surface area contributed by atoms with E-state index in [1.165, 1.54) is 18.4 Å². The molecule has 0 fully saturated rings. The molecule has 0 saturated carbocycles. The van der Waals surface area contributed by atoms with Gasteiger partial charge in [-0.05, 0) is 42.5 Å². The number of benzene rings is 1. The van der Waals surface area contributed by atoms with Crippen LogP contribution in [0.3, 0.4) is 0 Å². The minimum Gasteiger partial charge on any atom is -0.503 e. The fourth-order valence-electron chi connectivity index (χ4n) is 3.97. The molecular weight excluding hydrogens is 442 g/mol. The van der Waals surface area contributed by atoms with Crippen LogP contribution in [-0.4, -0.2) is 51.5 Å². The lowest BCUT2D eigenvalue weighted by molar-refractivity contribution is -0.129. The monoisotopic (exact) mass is 467 g/mol. The van der Waals surface area contributed by atoms with Crippen LogP contribution in [0.2, 0.25) is 0 Å². The summed E-state index contributed by atoms with van der Waals surface area (Å²) in [6, 6.07) is 8.04. The second-order valence-electron chi connectivity index (χ2n) is 7.47. The fraction of sp³-hybridized carbons (Fsp3) is 0.292. The molecule has 172 valence electrons. The Morgan fingerprint density at radius 3 is 2.76 bits per heavy atom. The Kier molecular flexibility index (Phi) is 6.79. The molecule has 0 unspecified atom stereocenters. The van der Waals surface area contributed by atoms with Crippen LogP contribution in [-0.2, 0) is 11.3 Å². The molecule has 0 radical (unpaired) electrons. The van der Waals surface area contributed by atoms with Crippen molar-refractivity contribution in [2.45, 2.75) is 25.9 Å². The van der Waals surface area contributed by atoms with E-state index >= 15 is 0 Å². The Bertz CT molecular complexity index is 1150. The topological polar surface area (TPSA) is 93.9 Å². The number of rotatable bonds is 10. The smallest absolute Gasteiger partial charge is 0.290 e. The normalized spacial score (nSPS) is 15.9. The van der Waals surface area contributed by atoms with Crippen LogP contribution >= 0.6 is 11.3 Å². The second kappa shape index (κ2) is 9.91. The van der Waals surface area contributed by atoms with Gasteiger partial charge in [-0.1, -0.05) is 12.1 Å². The van der Waals surface area contributed by atoms with Crippen LogP contribution in [0.25, 0.3) is 0 Å². The first-order valence-corrected chi connectivity index (χ1v) is 11.5. The number of ketones is 1. The first-order valence-electron chi connectivity index (χ1n) is 10.6. The largest absolute Gasteiger partial charge is 0.503 e. The molecule has 2 aromatic heterocycles. The third-order valence-corrected chi connectivity index (χ3v) is 6.34. The van der Waals surface area contributed by atoms with E-state index in [2.05, 4.69) is 4.98 Å². The van der Waals surface area contributed by atoms with E-state index in [9.17, 15) is 14.7 Å². The summed E-state index contributed by atoms with van der Waals surface area (Å²) in [6.07, 6.45) is 5.88. The zero-order valence-corrected chi connectivity index (χ0v) is 19.2. The molecule has 9 heteroatoms. The first kappa shape index (κ1) is 22.6. The minimum atomic E-state index is -0.737. The minimum absolute atomic E-state index is 0.0799. The molecule has 33 heavy (non-hydrogen) atoms. The van der Waals surface area contributed by atoms with E-state index in [1.54, 1.807) is 53.1 Å². The summed E-state index contributed by atoms with van der Waals surface area (Å²) in [4.78, 5) is 32.4. The number of thiophene rings is 1. The lowest BCUT2D eigenvalue weighted by Gasteiger charge is -2.27. The van der Waals surface area contributed by atoms with Crippen molar-refractivity contribution in [2.24, 2.45) is 0 Å². The third-order valence-electron chi connectivity index (χ3n) is 5.47. The summed E-state index contributed by atoms with van der Waals surface area (Å²) >= 11 is 1.27. The molecular formula is C24H25N3O5S. The van der Waals surface area contributed by atoms with Crippen LogP contribution in [0.4, 0.5) is 0 Å². The highest BCUT2D eigenvalue weighted by Crippen LogP contribution is 2.42. The number of ether oxygens (including phenoxy) is 2. The molecule has 1 aliphatic heterocycles. The summed E-state index contributed by atoms with van der Waals surface area (Å²) in [5, 5.41) is 12.6. The Hall–Kier alpha value is -3.59. The second-order valence-corrected chi connectivity index (χ2v) is 8.41. The van der Waals surface area contributed by atoms with Crippen molar-refractivity contribution in [3.8, 4) is 11.5 Å². The van der Waals surface area contributed by atoms with Gasteiger partial charge in [-0.25, -0.2) is 4.98 Å². The number of imidazole rings is 1. The number of nitrogens with zero attached hydrogens (tertiary/aromatic N) is 3. The molecule has 0 spiro atoms. The maximum Gasteiger partial charge on any atom is 0.290 e. The van der Waals surface area contributed by atoms with Gasteiger partial charge in [0.1, 0.15) is 0 Å². The lowest BCUT2D eigenvalue weighted by atomic mass is 9.95. The van der Waals surface area contributed by atoms with Crippen molar-refractivity contribution >= 4 is 23.0 Å². The summed E-state index contributed by atoms with van der Waals surface area (Å²) < 4.78 is 13.0. The fourth-order valence-corrected chi connectivity index (χ4v) is 4.65. The highest BCUT2D eigenvalue weighted by Gasteiger charge is 2.44. The van der Waals surface area contributed by atoms with Crippen LogP contribution < -0.4 is 9.47 Å². The molecule has 1 amide bonds. The van der Waals surface area contributed by atoms with Gasteiger partial charge in [0.2, 0.25) is 5.78 Å². The van der Waals surface area contributed by atoms with E-state index < -0.39 is 17.7 Å². The Labute approximate surface area is 195 Å². The van der Waals surface area contributed by atoms with Crippen LogP contribution in [0.5, 0.6) is 11.5 Å². The number of aryl methyl sites for hydroxylation is 1. The average molecular weight is 468 g/mol. The third kappa shape index (κ3) is 4.49. The molecule has 1 atom stereocenters. The van der Waals surface area contributed by atoms with Gasteiger partial charge in [0.05, 0.1) is 36.5 Å². The number of hydrogen-bond acceptors (Lipinski definition) is 7. The van der Waals surface area contributed by atoms with Gasteiger partial charge in [-0.3, -0.25) is 9.59 Å². The van der Waals surface area contributed by atoms with Gasteiger partial charge < -0.3 is 24.0 Å². The van der Waals surface area contributed by atoms with Gasteiger partial charge in [0.15, 0.2) is 17.3 Å². The molecule has 4 rings (SSSR count). The maximum atomic E-state index is 13.3. The predicted octanol–water partition coefficient (Wildman–Crippen LogP) is 4.02. The van der Waals surface area contributed by atoms with Crippen LogP contribution in [0, 0.1) is 0 Å². The van der Waals surface area contributed by atoms with E-state index in [1.807, 2.05) is 17.7 Å². The highest BCUT2D eigenvalue weighted by atomic mass is 32.1. The molecule has 0 aliphatic carbocycles. The number of aliphatic hydroxyl groups is 1. The molecule has 1 N–H and O–H groups in total. The average Bonchev–Trinajstić information content (AvgIpc) is 3.58. The van der Waals surface area contributed by atoms with Crippen molar-refractivity contribution in [1.82, 2.24) is 14.5 Å². The highest BCUT2D eigenvalue weighted by molar-refractivity contribution is 7.12. The van der Waals surface area contributed by atoms with E-state index in [-0.39, 0.29) is 11.4 Å². The van der Waals surface area contributed by atoms with Crippen molar-refractivity contribution in [1.29, 1.82) is 0 Å². The van der Waals surface area contributed by atoms with Gasteiger partial charge in [-0.2, -0.15) is 0 Å². The zero-order chi connectivity index (χ0) is 23.4.